The van der Waals surface area contributed by atoms with Crippen molar-refractivity contribution in [1.29, 1.82) is 0 Å². The summed E-state index contributed by atoms with van der Waals surface area (Å²) in [5.74, 6) is 0. The molecule has 115 valence electrons. The molecule has 1 radical (unpaired) electrons. The standard InChI is InChI=1S/C19H20Br2N/c1-11-6-15-4-5-22-19(16(15)7-12(11)2)10-14-8-17(20)13(3)18(21)9-14/h6-9,19H,4-5,10H2,1-3H3. The first kappa shape index (κ1) is 16.2. The summed E-state index contributed by atoms with van der Waals surface area (Å²) in [6, 6.07) is 9.43. The van der Waals surface area contributed by atoms with Gasteiger partial charge in [-0.15, -0.1) is 0 Å². The third-order valence-corrected chi connectivity index (χ3v) is 6.26. The van der Waals surface area contributed by atoms with E-state index in [0.29, 0.717) is 0 Å². The van der Waals surface area contributed by atoms with Crippen LogP contribution in [-0.4, -0.2) is 6.54 Å². The van der Waals surface area contributed by atoms with Crippen LogP contribution in [0, 0.1) is 20.8 Å². The molecule has 2 aromatic carbocycles. The zero-order chi connectivity index (χ0) is 15.9. The van der Waals surface area contributed by atoms with Crippen molar-refractivity contribution in [3.63, 3.8) is 0 Å². The van der Waals surface area contributed by atoms with E-state index in [2.05, 4.69) is 76.9 Å². The number of halogens is 2. The average molecular weight is 422 g/mol. The molecule has 0 aliphatic carbocycles. The first-order chi connectivity index (χ1) is 10.5. The highest BCUT2D eigenvalue weighted by Crippen LogP contribution is 2.32. The highest BCUT2D eigenvalue weighted by atomic mass is 79.9. The Bertz CT molecular complexity index is 699. The molecule has 1 atom stereocenters. The summed E-state index contributed by atoms with van der Waals surface area (Å²) in [5.41, 5.74) is 8.23. The topological polar surface area (TPSA) is 14.1 Å². The molecule has 0 N–H and O–H groups in total. The van der Waals surface area contributed by atoms with Gasteiger partial charge >= 0.3 is 0 Å². The molecule has 0 aromatic heterocycles. The lowest BCUT2D eigenvalue weighted by molar-refractivity contribution is 0.490. The number of hydrogen-bond donors (Lipinski definition) is 0. The van der Waals surface area contributed by atoms with Gasteiger partial charge in [-0.1, -0.05) is 44.0 Å². The largest absolute Gasteiger partial charge is 0.233 e. The van der Waals surface area contributed by atoms with Crippen molar-refractivity contribution >= 4 is 31.9 Å². The number of nitrogens with zero attached hydrogens (tertiary/aromatic N) is 1. The molecule has 1 aliphatic rings. The molecular formula is C19H20Br2N. The van der Waals surface area contributed by atoms with E-state index in [9.17, 15) is 0 Å². The van der Waals surface area contributed by atoms with E-state index in [-0.39, 0.29) is 6.04 Å². The fourth-order valence-electron chi connectivity index (χ4n) is 3.08. The van der Waals surface area contributed by atoms with Gasteiger partial charge in [0.1, 0.15) is 0 Å². The van der Waals surface area contributed by atoms with Gasteiger partial charge in [0, 0.05) is 15.5 Å². The van der Waals surface area contributed by atoms with Gasteiger partial charge in [-0.25, -0.2) is 5.32 Å². The second-order valence-electron chi connectivity index (χ2n) is 6.20. The predicted molar refractivity (Wildman–Crippen MR) is 99.6 cm³/mol. The summed E-state index contributed by atoms with van der Waals surface area (Å²) in [6.45, 7) is 7.45. The fourth-order valence-corrected chi connectivity index (χ4v) is 4.36. The van der Waals surface area contributed by atoms with Crippen LogP contribution in [0.25, 0.3) is 0 Å². The maximum atomic E-state index is 4.89. The zero-order valence-electron chi connectivity index (χ0n) is 13.2. The van der Waals surface area contributed by atoms with Crippen LogP contribution >= 0.6 is 31.9 Å². The normalized spacial score (nSPS) is 17.4. The molecule has 1 nitrogen and oxygen atoms in total. The summed E-state index contributed by atoms with van der Waals surface area (Å²) in [7, 11) is 0. The second kappa shape index (κ2) is 6.46. The minimum absolute atomic E-state index is 0.282. The van der Waals surface area contributed by atoms with E-state index in [1.807, 2.05) is 0 Å². The van der Waals surface area contributed by atoms with E-state index in [4.69, 9.17) is 5.32 Å². The van der Waals surface area contributed by atoms with E-state index >= 15 is 0 Å². The monoisotopic (exact) mass is 420 g/mol. The molecule has 0 spiro atoms. The minimum atomic E-state index is 0.282. The van der Waals surface area contributed by atoms with Crippen LogP contribution in [0.4, 0.5) is 0 Å². The maximum Gasteiger partial charge on any atom is 0.0538 e. The summed E-state index contributed by atoms with van der Waals surface area (Å²) in [6.07, 6.45) is 2.04. The third-order valence-electron chi connectivity index (χ3n) is 4.61. The van der Waals surface area contributed by atoms with Crippen LogP contribution in [0.15, 0.2) is 33.2 Å². The molecule has 1 unspecified atom stereocenters. The van der Waals surface area contributed by atoms with Gasteiger partial charge in [-0.05, 0) is 79.1 Å². The molecule has 0 amide bonds. The van der Waals surface area contributed by atoms with Crippen molar-refractivity contribution in [2.75, 3.05) is 6.54 Å². The van der Waals surface area contributed by atoms with Gasteiger partial charge in [0.25, 0.3) is 0 Å². The van der Waals surface area contributed by atoms with Crippen molar-refractivity contribution in [2.24, 2.45) is 0 Å². The molecular weight excluding hydrogens is 402 g/mol. The van der Waals surface area contributed by atoms with Gasteiger partial charge in [0.05, 0.1) is 6.04 Å². The quantitative estimate of drug-likeness (QED) is 0.600. The van der Waals surface area contributed by atoms with Gasteiger partial charge in [0.2, 0.25) is 0 Å². The molecule has 2 aromatic rings. The Labute approximate surface area is 149 Å². The van der Waals surface area contributed by atoms with Crippen LogP contribution < -0.4 is 5.32 Å². The Hall–Kier alpha value is -0.640. The van der Waals surface area contributed by atoms with Crippen LogP contribution in [0.2, 0.25) is 0 Å². The lowest BCUT2D eigenvalue weighted by Crippen LogP contribution is -2.26. The number of hydrogen-bond acceptors (Lipinski definition) is 0. The molecule has 22 heavy (non-hydrogen) atoms. The molecule has 3 rings (SSSR count). The molecule has 0 saturated heterocycles. The van der Waals surface area contributed by atoms with E-state index in [1.54, 1.807) is 0 Å². The maximum absolute atomic E-state index is 4.89. The van der Waals surface area contributed by atoms with Crippen molar-refractivity contribution in [3.05, 3.63) is 66.6 Å². The zero-order valence-corrected chi connectivity index (χ0v) is 16.4. The summed E-state index contributed by atoms with van der Waals surface area (Å²) in [5, 5.41) is 4.89. The van der Waals surface area contributed by atoms with Crippen molar-refractivity contribution in [1.82, 2.24) is 5.32 Å². The Morgan fingerprint density at radius 2 is 1.64 bits per heavy atom. The fraction of sp³-hybridized carbons (Fsp3) is 0.368. The van der Waals surface area contributed by atoms with Crippen LogP contribution in [0.5, 0.6) is 0 Å². The molecule has 0 fully saturated rings. The summed E-state index contributed by atoms with van der Waals surface area (Å²) in [4.78, 5) is 0. The SMILES string of the molecule is Cc1cc2c(cc1C)C(Cc1cc(Br)c(C)c(Br)c1)[N]CC2. The molecule has 3 heteroatoms. The van der Waals surface area contributed by atoms with Crippen molar-refractivity contribution in [3.8, 4) is 0 Å². The van der Waals surface area contributed by atoms with E-state index in [1.165, 1.54) is 33.4 Å². The molecule has 0 saturated carbocycles. The second-order valence-corrected chi connectivity index (χ2v) is 7.90. The van der Waals surface area contributed by atoms with Gasteiger partial charge in [0.15, 0.2) is 0 Å². The summed E-state index contributed by atoms with van der Waals surface area (Å²) >= 11 is 7.31. The van der Waals surface area contributed by atoms with Crippen molar-refractivity contribution < 1.29 is 0 Å². The predicted octanol–water partition coefficient (Wildman–Crippen LogP) is 5.58. The number of rotatable bonds is 2. The van der Waals surface area contributed by atoms with Gasteiger partial charge in [-0.3, -0.25) is 0 Å². The third kappa shape index (κ3) is 3.17. The summed E-state index contributed by atoms with van der Waals surface area (Å²) < 4.78 is 2.32. The van der Waals surface area contributed by atoms with Gasteiger partial charge < -0.3 is 0 Å². The highest BCUT2D eigenvalue weighted by Gasteiger charge is 2.22. The highest BCUT2D eigenvalue weighted by molar-refractivity contribution is 9.11. The van der Waals surface area contributed by atoms with E-state index < -0.39 is 0 Å². The Balaban J connectivity index is 1.94. The van der Waals surface area contributed by atoms with Gasteiger partial charge in [-0.2, -0.15) is 0 Å². The molecule has 1 aliphatic heterocycles. The first-order valence-corrected chi connectivity index (χ1v) is 9.25. The number of benzene rings is 2. The Morgan fingerprint density at radius 1 is 1.00 bits per heavy atom. The average Bonchev–Trinajstić information content (AvgIpc) is 2.47. The van der Waals surface area contributed by atoms with Crippen LogP contribution in [0.1, 0.15) is 39.4 Å². The van der Waals surface area contributed by atoms with Crippen molar-refractivity contribution in [2.45, 2.75) is 39.7 Å². The Kier molecular flexibility index (Phi) is 4.77. The smallest absolute Gasteiger partial charge is 0.0538 e. The lowest BCUT2D eigenvalue weighted by atomic mass is 9.87. The molecule has 0 bridgehead atoms. The van der Waals surface area contributed by atoms with Crippen LogP contribution in [-0.2, 0) is 12.8 Å². The number of fused-ring (bicyclic) bond motifs is 1. The van der Waals surface area contributed by atoms with E-state index in [0.717, 1.165) is 28.3 Å². The lowest BCUT2D eigenvalue weighted by Gasteiger charge is -2.27. The minimum Gasteiger partial charge on any atom is -0.233 e. The van der Waals surface area contributed by atoms with Crippen LogP contribution in [0.3, 0.4) is 0 Å². The first-order valence-electron chi connectivity index (χ1n) is 7.67. The number of aryl methyl sites for hydroxylation is 2. The Morgan fingerprint density at radius 3 is 2.32 bits per heavy atom. The molecule has 1 heterocycles.